The normalized spacial score (nSPS) is 21.4. The lowest BCUT2D eigenvalue weighted by Crippen LogP contribution is -2.29. The number of aromatic nitrogens is 2. The fourth-order valence-electron chi connectivity index (χ4n) is 2.35. The van der Waals surface area contributed by atoms with Gasteiger partial charge in [0.1, 0.15) is 5.82 Å². The number of aliphatic hydroxyl groups excluding tert-OH is 1. The van der Waals surface area contributed by atoms with Crippen molar-refractivity contribution in [2.45, 2.75) is 38.3 Å². The van der Waals surface area contributed by atoms with Gasteiger partial charge in [0.05, 0.1) is 6.54 Å². The Kier molecular flexibility index (Phi) is 4.25. The number of nitrogens with zero attached hydrogens (tertiary/aromatic N) is 3. The Hall–Kier alpha value is -1.00. The van der Waals surface area contributed by atoms with Crippen LogP contribution >= 0.6 is 0 Å². The molecule has 1 aromatic heterocycles. The number of hydrogen-bond donors (Lipinski definition) is 1. The lowest BCUT2D eigenvalue weighted by atomic mass is 10.1. The summed E-state index contributed by atoms with van der Waals surface area (Å²) in [7, 11) is 0. The van der Waals surface area contributed by atoms with Gasteiger partial charge >= 0.3 is 0 Å². The Morgan fingerprint density at radius 3 is 2.94 bits per heavy atom. The molecule has 1 fully saturated rings. The Bertz CT molecular complexity index is 304. The van der Waals surface area contributed by atoms with Crippen LogP contribution in [0.1, 0.15) is 31.5 Å². The smallest absolute Gasteiger partial charge is 0.142 e. The second kappa shape index (κ2) is 5.92. The summed E-state index contributed by atoms with van der Waals surface area (Å²) in [5, 5.41) is 8.86. The Morgan fingerprint density at radius 2 is 2.19 bits per heavy atom. The zero-order valence-electron chi connectivity index (χ0n) is 9.55. The number of hydrogen-bond acceptors (Lipinski definition) is 4. The highest BCUT2D eigenvalue weighted by Gasteiger charge is 2.24. The van der Waals surface area contributed by atoms with E-state index in [1.807, 2.05) is 6.07 Å². The van der Waals surface area contributed by atoms with E-state index in [2.05, 4.69) is 14.9 Å². The van der Waals surface area contributed by atoms with Gasteiger partial charge in [0.15, 0.2) is 0 Å². The van der Waals surface area contributed by atoms with E-state index in [1.165, 1.54) is 12.8 Å². The van der Waals surface area contributed by atoms with E-state index < -0.39 is 0 Å². The fraction of sp³-hybridized carbons (Fsp3) is 0.667. The molecule has 88 valence electrons. The predicted molar refractivity (Wildman–Crippen MR) is 61.8 cm³/mol. The molecule has 1 aromatic rings. The van der Waals surface area contributed by atoms with E-state index in [1.54, 1.807) is 12.4 Å². The maximum absolute atomic E-state index is 8.86. The zero-order chi connectivity index (χ0) is 11.2. The average molecular weight is 221 g/mol. The van der Waals surface area contributed by atoms with Gasteiger partial charge in [0, 0.05) is 25.0 Å². The third-order valence-electron chi connectivity index (χ3n) is 3.16. The maximum atomic E-state index is 8.86. The van der Waals surface area contributed by atoms with Crippen molar-refractivity contribution in [3.05, 3.63) is 24.3 Å². The molecule has 1 unspecified atom stereocenters. The molecule has 1 N–H and O–H groups in total. The van der Waals surface area contributed by atoms with Crippen molar-refractivity contribution < 1.29 is 5.11 Å². The van der Waals surface area contributed by atoms with E-state index in [0.717, 1.165) is 31.8 Å². The highest BCUT2D eigenvalue weighted by molar-refractivity contribution is 4.91. The molecule has 1 aliphatic rings. The predicted octanol–water partition coefficient (Wildman–Crippen LogP) is 1.21. The van der Waals surface area contributed by atoms with Crippen LogP contribution in [0.4, 0.5) is 0 Å². The molecule has 2 heterocycles. The minimum atomic E-state index is 0.298. The molecule has 4 heteroatoms. The summed E-state index contributed by atoms with van der Waals surface area (Å²) >= 11 is 0. The fourth-order valence-corrected chi connectivity index (χ4v) is 2.35. The van der Waals surface area contributed by atoms with Crippen molar-refractivity contribution in [3.8, 4) is 0 Å². The summed E-state index contributed by atoms with van der Waals surface area (Å²) in [4.78, 5) is 10.9. The first-order valence-corrected chi connectivity index (χ1v) is 6.01. The quantitative estimate of drug-likeness (QED) is 0.812. The average Bonchev–Trinajstić information content (AvgIpc) is 2.75. The molecular formula is C12H19N3O. The Balaban J connectivity index is 1.88. The largest absolute Gasteiger partial charge is 0.396 e. The first-order valence-electron chi connectivity index (χ1n) is 6.01. The summed E-state index contributed by atoms with van der Waals surface area (Å²) in [6.07, 6.45) is 8.07. The SMILES string of the molecule is OCCCC1CCCN1Cc1ncccn1. The van der Waals surface area contributed by atoms with Crippen molar-refractivity contribution in [3.63, 3.8) is 0 Å². The molecule has 0 aliphatic carbocycles. The van der Waals surface area contributed by atoms with Crippen LogP contribution in [0.3, 0.4) is 0 Å². The van der Waals surface area contributed by atoms with Gasteiger partial charge in [-0.25, -0.2) is 9.97 Å². The van der Waals surface area contributed by atoms with E-state index in [-0.39, 0.29) is 0 Å². The van der Waals surface area contributed by atoms with Crippen molar-refractivity contribution in [1.29, 1.82) is 0 Å². The monoisotopic (exact) mass is 221 g/mol. The summed E-state index contributed by atoms with van der Waals surface area (Å²) < 4.78 is 0. The van der Waals surface area contributed by atoms with Gasteiger partial charge in [-0.3, -0.25) is 4.90 Å². The molecule has 0 bridgehead atoms. The zero-order valence-corrected chi connectivity index (χ0v) is 9.55. The molecule has 0 aromatic carbocycles. The maximum Gasteiger partial charge on any atom is 0.142 e. The van der Waals surface area contributed by atoms with Gasteiger partial charge in [0.25, 0.3) is 0 Å². The lowest BCUT2D eigenvalue weighted by Gasteiger charge is -2.23. The van der Waals surface area contributed by atoms with Gasteiger partial charge in [-0.1, -0.05) is 0 Å². The van der Waals surface area contributed by atoms with E-state index in [0.29, 0.717) is 12.6 Å². The van der Waals surface area contributed by atoms with Crippen molar-refractivity contribution >= 4 is 0 Å². The molecule has 0 amide bonds. The molecule has 0 saturated carbocycles. The molecule has 1 saturated heterocycles. The summed E-state index contributed by atoms with van der Waals surface area (Å²) in [5.74, 6) is 0.901. The Labute approximate surface area is 96.3 Å². The van der Waals surface area contributed by atoms with Gasteiger partial charge in [0.2, 0.25) is 0 Å². The van der Waals surface area contributed by atoms with Gasteiger partial charge in [-0.05, 0) is 38.3 Å². The highest BCUT2D eigenvalue weighted by Crippen LogP contribution is 2.22. The van der Waals surface area contributed by atoms with Crippen LogP contribution < -0.4 is 0 Å². The van der Waals surface area contributed by atoms with Crippen molar-refractivity contribution in [2.75, 3.05) is 13.2 Å². The number of aliphatic hydroxyl groups is 1. The minimum absolute atomic E-state index is 0.298. The van der Waals surface area contributed by atoms with Gasteiger partial charge in [-0.15, -0.1) is 0 Å². The highest BCUT2D eigenvalue weighted by atomic mass is 16.2. The minimum Gasteiger partial charge on any atom is -0.396 e. The standard InChI is InChI=1S/C12H19N3O/c16-9-2-5-11-4-1-8-15(11)10-12-13-6-3-7-14-12/h3,6-7,11,16H,1-2,4-5,8-10H2. The van der Waals surface area contributed by atoms with E-state index >= 15 is 0 Å². The van der Waals surface area contributed by atoms with Crippen LogP contribution in [0.2, 0.25) is 0 Å². The number of likely N-dealkylation sites (tertiary alicyclic amines) is 1. The van der Waals surface area contributed by atoms with Crippen molar-refractivity contribution in [1.82, 2.24) is 14.9 Å². The van der Waals surface area contributed by atoms with Crippen LogP contribution in [-0.2, 0) is 6.54 Å². The molecule has 16 heavy (non-hydrogen) atoms. The van der Waals surface area contributed by atoms with Gasteiger partial charge in [-0.2, -0.15) is 0 Å². The molecule has 2 rings (SSSR count). The Morgan fingerprint density at radius 1 is 1.38 bits per heavy atom. The number of rotatable bonds is 5. The second-order valence-electron chi connectivity index (χ2n) is 4.30. The topological polar surface area (TPSA) is 49.2 Å². The molecular weight excluding hydrogens is 202 g/mol. The molecule has 4 nitrogen and oxygen atoms in total. The molecule has 1 aliphatic heterocycles. The molecule has 0 radical (unpaired) electrons. The third kappa shape index (κ3) is 3.00. The lowest BCUT2D eigenvalue weighted by molar-refractivity contribution is 0.206. The first kappa shape index (κ1) is 11.5. The van der Waals surface area contributed by atoms with Crippen LogP contribution in [0.15, 0.2) is 18.5 Å². The van der Waals surface area contributed by atoms with Crippen LogP contribution in [0, 0.1) is 0 Å². The first-order chi connectivity index (χ1) is 7.90. The van der Waals surface area contributed by atoms with E-state index in [9.17, 15) is 0 Å². The summed E-state index contributed by atoms with van der Waals surface area (Å²) in [6, 6.07) is 2.45. The van der Waals surface area contributed by atoms with Crippen molar-refractivity contribution in [2.24, 2.45) is 0 Å². The van der Waals surface area contributed by atoms with Crippen LogP contribution in [-0.4, -0.2) is 39.2 Å². The van der Waals surface area contributed by atoms with E-state index in [4.69, 9.17) is 5.11 Å². The van der Waals surface area contributed by atoms with Gasteiger partial charge < -0.3 is 5.11 Å². The second-order valence-corrected chi connectivity index (χ2v) is 4.30. The summed E-state index contributed by atoms with van der Waals surface area (Å²) in [6.45, 7) is 2.28. The molecule has 0 spiro atoms. The van der Waals surface area contributed by atoms with Crippen LogP contribution in [0.25, 0.3) is 0 Å². The molecule has 1 atom stereocenters. The third-order valence-corrected chi connectivity index (χ3v) is 3.16. The summed E-state index contributed by atoms with van der Waals surface area (Å²) in [5.41, 5.74) is 0. The van der Waals surface area contributed by atoms with Crippen LogP contribution in [0.5, 0.6) is 0 Å².